The van der Waals surface area contributed by atoms with Crippen molar-refractivity contribution in [2.45, 2.75) is 0 Å². The summed E-state index contributed by atoms with van der Waals surface area (Å²) >= 11 is 0. The summed E-state index contributed by atoms with van der Waals surface area (Å²) in [6.45, 7) is 1.99. The van der Waals surface area contributed by atoms with Crippen molar-refractivity contribution < 1.29 is 35.5 Å². The standard InChI is InChI=1S/C25H24F4N2O4S/c26-21-3-1-17(13-23(21)28)11-19-15-31(36(33,34)10-7-30-5-8-35-9-6-30)16-20(25(19)32)12-18-2-4-22(27)24(29)14-18/h1-4,11-14H,5-10,15-16H2. The summed E-state index contributed by atoms with van der Waals surface area (Å²) in [7, 11) is -3.84. The molecule has 0 aromatic heterocycles. The number of Topliss-reactive ketones (excluding diaryl/α,β-unsaturated/α-hetero) is 1. The van der Waals surface area contributed by atoms with Gasteiger partial charge in [-0.15, -0.1) is 0 Å². The fourth-order valence-electron chi connectivity index (χ4n) is 4.01. The van der Waals surface area contributed by atoms with E-state index in [4.69, 9.17) is 4.74 Å². The van der Waals surface area contributed by atoms with Gasteiger partial charge >= 0.3 is 0 Å². The van der Waals surface area contributed by atoms with E-state index in [1.54, 1.807) is 0 Å². The van der Waals surface area contributed by atoms with E-state index >= 15 is 0 Å². The lowest BCUT2D eigenvalue weighted by Gasteiger charge is -2.31. The summed E-state index contributed by atoms with van der Waals surface area (Å²) in [5.41, 5.74) is 0.432. The Morgan fingerprint density at radius 2 is 1.31 bits per heavy atom. The SMILES string of the molecule is O=C1C(=Cc2ccc(F)c(F)c2)CN(S(=O)(=O)CCN2CCOCC2)CC1=Cc1ccc(F)c(F)c1. The second-order valence-corrected chi connectivity index (χ2v) is 10.6. The number of ether oxygens (including phenoxy) is 1. The van der Waals surface area contributed by atoms with E-state index in [-0.39, 0.29) is 47.7 Å². The summed E-state index contributed by atoms with van der Waals surface area (Å²) in [5.74, 6) is -5.06. The summed E-state index contributed by atoms with van der Waals surface area (Å²) < 4.78 is 87.0. The average molecular weight is 525 g/mol. The predicted molar refractivity (Wildman–Crippen MR) is 126 cm³/mol. The Kier molecular flexibility index (Phi) is 8.04. The molecular weight excluding hydrogens is 500 g/mol. The van der Waals surface area contributed by atoms with Crippen LogP contribution in [0.1, 0.15) is 11.1 Å². The molecule has 0 spiro atoms. The van der Waals surface area contributed by atoms with E-state index in [2.05, 4.69) is 0 Å². The van der Waals surface area contributed by atoms with Crippen molar-refractivity contribution in [2.75, 3.05) is 51.7 Å². The van der Waals surface area contributed by atoms with Crippen molar-refractivity contribution in [3.05, 3.63) is 81.9 Å². The molecule has 2 aliphatic heterocycles. The number of ketones is 1. The van der Waals surface area contributed by atoms with Gasteiger partial charge in [0.15, 0.2) is 29.1 Å². The Bertz CT molecular complexity index is 1250. The summed E-state index contributed by atoms with van der Waals surface area (Å²) in [6, 6.07) is 6.15. The van der Waals surface area contributed by atoms with Crippen LogP contribution in [0.15, 0.2) is 47.5 Å². The smallest absolute Gasteiger partial charge is 0.215 e. The van der Waals surface area contributed by atoms with Crippen LogP contribution < -0.4 is 0 Å². The van der Waals surface area contributed by atoms with Crippen LogP contribution in [0.2, 0.25) is 0 Å². The van der Waals surface area contributed by atoms with E-state index < -0.39 is 39.1 Å². The first kappa shape index (κ1) is 26.2. The molecule has 192 valence electrons. The molecule has 36 heavy (non-hydrogen) atoms. The van der Waals surface area contributed by atoms with Gasteiger partial charge in [-0.3, -0.25) is 9.69 Å². The van der Waals surface area contributed by atoms with Crippen molar-refractivity contribution in [3.63, 3.8) is 0 Å². The van der Waals surface area contributed by atoms with Crippen LogP contribution in [-0.2, 0) is 19.6 Å². The topological polar surface area (TPSA) is 66.9 Å². The molecular formula is C25H24F4N2O4S. The van der Waals surface area contributed by atoms with E-state index in [1.807, 2.05) is 4.90 Å². The normalized spacial score (nSPS) is 20.4. The quantitative estimate of drug-likeness (QED) is 0.429. The van der Waals surface area contributed by atoms with E-state index in [1.165, 1.54) is 24.3 Å². The molecule has 0 bridgehead atoms. The van der Waals surface area contributed by atoms with Crippen LogP contribution in [0.3, 0.4) is 0 Å². The van der Waals surface area contributed by atoms with Gasteiger partial charge in [-0.05, 0) is 47.5 Å². The Morgan fingerprint density at radius 3 is 1.78 bits per heavy atom. The van der Waals surface area contributed by atoms with E-state index in [0.717, 1.165) is 28.6 Å². The van der Waals surface area contributed by atoms with Crippen LogP contribution in [0.4, 0.5) is 17.6 Å². The second kappa shape index (κ2) is 11.0. The third-order valence-corrected chi connectivity index (χ3v) is 7.75. The van der Waals surface area contributed by atoms with Gasteiger partial charge in [0, 0.05) is 43.9 Å². The van der Waals surface area contributed by atoms with Crippen LogP contribution in [0, 0.1) is 23.3 Å². The maximum atomic E-state index is 13.7. The molecule has 0 unspecified atom stereocenters. The third kappa shape index (κ3) is 6.28. The number of nitrogens with zero attached hydrogens (tertiary/aromatic N) is 2. The molecule has 4 rings (SSSR count). The number of halogens is 4. The molecule has 2 saturated heterocycles. The lowest BCUT2D eigenvalue weighted by atomic mass is 9.95. The second-order valence-electron chi connectivity index (χ2n) is 8.55. The van der Waals surface area contributed by atoms with E-state index in [9.17, 15) is 30.8 Å². The average Bonchev–Trinajstić information content (AvgIpc) is 2.85. The molecule has 2 aliphatic rings. The highest BCUT2D eigenvalue weighted by atomic mass is 32.2. The van der Waals surface area contributed by atoms with Gasteiger partial charge in [-0.1, -0.05) is 12.1 Å². The van der Waals surface area contributed by atoms with Gasteiger partial charge in [-0.25, -0.2) is 26.0 Å². The summed E-state index contributed by atoms with van der Waals surface area (Å²) in [6.07, 6.45) is 2.60. The zero-order valence-electron chi connectivity index (χ0n) is 19.2. The number of morpholine rings is 1. The summed E-state index contributed by atoms with van der Waals surface area (Å²) in [5, 5.41) is 0. The molecule has 2 heterocycles. The number of benzene rings is 2. The predicted octanol–water partition coefficient (Wildman–Crippen LogP) is 3.26. The van der Waals surface area contributed by atoms with Crippen molar-refractivity contribution in [1.82, 2.24) is 9.21 Å². The number of hydrogen-bond acceptors (Lipinski definition) is 5. The van der Waals surface area contributed by atoms with Gasteiger partial charge in [0.25, 0.3) is 0 Å². The fourth-order valence-corrected chi connectivity index (χ4v) is 5.43. The minimum absolute atomic E-state index is 0.0380. The molecule has 0 atom stereocenters. The lowest BCUT2D eigenvalue weighted by Crippen LogP contribution is -2.45. The maximum absolute atomic E-state index is 13.7. The number of hydrogen-bond donors (Lipinski definition) is 0. The number of piperidine rings is 1. The van der Waals surface area contributed by atoms with Crippen molar-refractivity contribution in [2.24, 2.45) is 0 Å². The number of carbonyl (C=O) groups is 1. The minimum Gasteiger partial charge on any atom is -0.379 e. The zero-order valence-corrected chi connectivity index (χ0v) is 20.0. The first-order valence-corrected chi connectivity index (χ1v) is 12.9. The Morgan fingerprint density at radius 1 is 0.806 bits per heavy atom. The maximum Gasteiger partial charge on any atom is 0.215 e. The highest BCUT2D eigenvalue weighted by molar-refractivity contribution is 7.89. The third-order valence-electron chi connectivity index (χ3n) is 6.01. The van der Waals surface area contributed by atoms with Gasteiger partial charge in [0.1, 0.15) is 0 Å². The molecule has 11 heteroatoms. The Labute approximate surface area is 206 Å². The molecule has 2 aromatic rings. The van der Waals surface area contributed by atoms with E-state index in [0.29, 0.717) is 26.3 Å². The fraction of sp³-hybridized carbons (Fsp3) is 0.320. The van der Waals surface area contributed by atoms with Crippen molar-refractivity contribution in [1.29, 1.82) is 0 Å². The molecule has 0 saturated carbocycles. The number of carbonyl (C=O) groups excluding carboxylic acids is 1. The molecule has 2 fully saturated rings. The first-order valence-electron chi connectivity index (χ1n) is 11.3. The Hall–Kier alpha value is -2.86. The number of rotatable bonds is 6. The first-order chi connectivity index (χ1) is 17.1. The minimum atomic E-state index is -3.84. The van der Waals surface area contributed by atoms with Crippen LogP contribution in [0.5, 0.6) is 0 Å². The molecule has 2 aromatic carbocycles. The highest BCUT2D eigenvalue weighted by Crippen LogP contribution is 2.25. The highest BCUT2D eigenvalue weighted by Gasteiger charge is 2.33. The van der Waals surface area contributed by atoms with Crippen LogP contribution in [-0.4, -0.2) is 75.1 Å². The van der Waals surface area contributed by atoms with Gasteiger partial charge < -0.3 is 4.74 Å². The number of sulfonamides is 1. The van der Waals surface area contributed by atoms with Crippen LogP contribution >= 0.6 is 0 Å². The largest absolute Gasteiger partial charge is 0.379 e. The van der Waals surface area contributed by atoms with Crippen molar-refractivity contribution >= 4 is 28.0 Å². The van der Waals surface area contributed by atoms with Crippen LogP contribution in [0.25, 0.3) is 12.2 Å². The Balaban J connectivity index is 1.66. The molecule has 6 nitrogen and oxygen atoms in total. The van der Waals surface area contributed by atoms with Gasteiger partial charge in [0.05, 0.1) is 19.0 Å². The summed E-state index contributed by atoms with van der Waals surface area (Å²) in [4.78, 5) is 15.2. The molecule has 0 N–H and O–H groups in total. The van der Waals surface area contributed by atoms with Crippen molar-refractivity contribution in [3.8, 4) is 0 Å². The monoisotopic (exact) mass is 524 g/mol. The van der Waals surface area contributed by atoms with Gasteiger partial charge in [0.2, 0.25) is 10.0 Å². The molecule has 0 amide bonds. The molecule has 0 radical (unpaired) electrons. The van der Waals surface area contributed by atoms with Gasteiger partial charge in [-0.2, -0.15) is 4.31 Å². The lowest BCUT2D eigenvalue weighted by molar-refractivity contribution is -0.113. The zero-order chi connectivity index (χ0) is 25.9. The molecule has 0 aliphatic carbocycles.